The number of carbonyl (C=O) groups is 1. The van der Waals surface area contributed by atoms with Crippen LogP contribution in [0.5, 0.6) is 0 Å². The molecule has 0 bridgehead atoms. The summed E-state index contributed by atoms with van der Waals surface area (Å²) in [6.45, 7) is 1.87. The van der Waals surface area contributed by atoms with E-state index in [0.717, 1.165) is 29.7 Å². The Labute approximate surface area is 97.5 Å². The SMILES string of the molecule is CC1CS(=O)c2cc3c(cc2C1=O)CCC3. The highest BCUT2D eigenvalue weighted by Gasteiger charge is 2.30. The number of fused-ring (bicyclic) bond motifs is 2. The number of aryl methyl sites for hydroxylation is 2. The van der Waals surface area contributed by atoms with Gasteiger partial charge >= 0.3 is 0 Å². The molecule has 3 rings (SSSR count). The Bertz CT molecular complexity index is 505. The van der Waals surface area contributed by atoms with Crippen molar-refractivity contribution >= 4 is 16.6 Å². The van der Waals surface area contributed by atoms with Crippen LogP contribution in [0.2, 0.25) is 0 Å². The average Bonchev–Trinajstić information content (AvgIpc) is 2.71. The van der Waals surface area contributed by atoms with Crippen LogP contribution < -0.4 is 0 Å². The lowest BCUT2D eigenvalue weighted by atomic mass is 9.97. The summed E-state index contributed by atoms with van der Waals surface area (Å²) in [5, 5.41) is 0. The maximum Gasteiger partial charge on any atom is 0.167 e. The van der Waals surface area contributed by atoms with Gasteiger partial charge in [-0.15, -0.1) is 0 Å². The van der Waals surface area contributed by atoms with Gasteiger partial charge in [-0.3, -0.25) is 9.00 Å². The third-order valence-electron chi connectivity index (χ3n) is 3.55. The molecule has 1 aromatic carbocycles. The van der Waals surface area contributed by atoms with Crippen molar-refractivity contribution in [3.05, 3.63) is 28.8 Å². The third kappa shape index (κ3) is 1.38. The monoisotopic (exact) mass is 234 g/mol. The minimum atomic E-state index is -0.979. The van der Waals surface area contributed by atoms with Gasteiger partial charge in [0.25, 0.3) is 0 Å². The number of Topliss-reactive ketones (excluding diaryl/α,β-unsaturated/α-hetero) is 1. The molecule has 0 aromatic heterocycles. The average molecular weight is 234 g/mol. The van der Waals surface area contributed by atoms with Gasteiger partial charge in [0.2, 0.25) is 0 Å². The fourth-order valence-electron chi connectivity index (χ4n) is 2.64. The molecule has 0 saturated heterocycles. The van der Waals surface area contributed by atoms with Crippen LogP contribution in [0.3, 0.4) is 0 Å². The van der Waals surface area contributed by atoms with Crippen molar-refractivity contribution in [3.8, 4) is 0 Å². The Morgan fingerprint density at radius 3 is 2.69 bits per heavy atom. The molecule has 16 heavy (non-hydrogen) atoms. The fourth-order valence-corrected chi connectivity index (χ4v) is 4.10. The molecule has 0 radical (unpaired) electrons. The molecule has 2 atom stereocenters. The zero-order valence-electron chi connectivity index (χ0n) is 9.29. The van der Waals surface area contributed by atoms with E-state index in [0.29, 0.717) is 5.75 Å². The van der Waals surface area contributed by atoms with Crippen molar-refractivity contribution in [2.45, 2.75) is 31.1 Å². The summed E-state index contributed by atoms with van der Waals surface area (Å²) in [4.78, 5) is 12.8. The van der Waals surface area contributed by atoms with E-state index in [-0.39, 0.29) is 11.7 Å². The standard InChI is InChI=1S/C13H14O2S/c1-8-7-16(15)12-6-10-4-2-3-9(10)5-11(12)13(8)14/h5-6,8H,2-4,7H2,1H3. The normalized spacial score (nSPS) is 27.7. The molecule has 3 heteroatoms. The summed E-state index contributed by atoms with van der Waals surface area (Å²) < 4.78 is 12.0. The zero-order chi connectivity index (χ0) is 11.3. The first-order valence-electron chi connectivity index (χ1n) is 5.75. The van der Waals surface area contributed by atoms with Crippen LogP contribution in [0, 0.1) is 5.92 Å². The van der Waals surface area contributed by atoms with Crippen molar-refractivity contribution in [2.75, 3.05) is 5.75 Å². The highest BCUT2D eigenvalue weighted by atomic mass is 32.2. The first kappa shape index (κ1) is 10.2. The molecule has 1 aliphatic carbocycles. The van der Waals surface area contributed by atoms with E-state index in [1.807, 2.05) is 19.1 Å². The van der Waals surface area contributed by atoms with Crippen LogP contribution in [0.1, 0.15) is 34.8 Å². The highest BCUT2D eigenvalue weighted by molar-refractivity contribution is 7.85. The topological polar surface area (TPSA) is 34.1 Å². The van der Waals surface area contributed by atoms with E-state index in [2.05, 4.69) is 0 Å². The molecular weight excluding hydrogens is 220 g/mol. The van der Waals surface area contributed by atoms with E-state index in [4.69, 9.17) is 0 Å². The minimum Gasteiger partial charge on any atom is -0.294 e. The molecule has 0 saturated carbocycles. The predicted octanol–water partition coefficient (Wildman–Crippen LogP) is 2.12. The van der Waals surface area contributed by atoms with Gasteiger partial charge < -0.3 is 0 Å². The van der Waals surface area contributed by atoms with Gasteiger partial charge in [0, 0.05) is 22.1 Å². The summed E-state index contributed by atoms with van der Waals surface area (Å²) >= 11 is 0. The van der Waals surface area contributed by atoms with Crippen molar-refractivity contribution in [1.29, 1.82) is 0 Å². The van der Waals surface area contributed by atoms with Crippen LogP contribution in [0.4, 0.5) is 0 Å². The smallest absolute Gasteiger partial charge is 0.167 e. The van der Waals surface area contributed by atoms with E-state index in [1.165, 1.54) is 11.1 Å². The van der Waals surface area contributed by atoms with E-state index >= 15 is 0 Å². The van der Waals surface area contributed by atoms with Crippen LogP contribution in [0.25, 0.3) is 0 Å². The predicted molar refractivity (Wildman–Crippen MR) is 63.2 cm³/mol. The maximum atomic E-state index is 12.0. The van der Waals surface area contributed by atoms with Crippen LogP contribution in [0.15, 0.2) is 17.0 Å². The number of rotatable bonds is 0. The second-order valence-corrected chi connectivity index (χ2v) is 6.21. The first-order chi connectivity index (χ1) is 7.66. The third-order valence-corrected chi connectivity index (χ3v) is 5.18. The molecule has 0 N–H and O–H groups in total. The molecule has 0 spiro atoms. The zero-order valence-corrected chi connectivity index (χ0v) is 10.1. The molecule has 2 nitrogen and oxygen atoms in total. The lowest BCUT2D eigenvalue weighted by Crippen LogP contribution is -2.26. The number of hydrogen-bond acceptors (Lipinski definition) is 2. The van der Waals surface area contributed by atoms with Crippen LogP contribution in [-0.4, -0.2) is 15.7 Å². The molecule has 84 valence electrons. The second-order valence-electron chi connectivity index (χ2n) is 4.75. The van der Waals surface area contributed by atoms with Gasteiger partial charge in [-0.1, -0.05) is 6.92 Å². The van der Waals surface area contributed by atoms with Crippen LogP contribution in [-0.2, 0) is 23.6 Å². The van der Waals surface area contributed by atoms with Crippen molar-refractivity contribution in [1.82, 2.24) is 0 Å². The summed E-state index contributed by atoms with van der Waals surface area (Å²) in [6, 6.07) is 4.01. The molecule has 2 aliphatic rings. The Hall–Kier alpha value is -0.960. The summed E-state index contributed by atoms with van der Waals surface area (Å²) in [5.74, 6) is 0.571. The molecule has 1 heterocycles. The van der Waals surface area contributed by atoms with Gasteiger partial charge in [0.15, 0.2) is 5.78 Å². The number of carbonyl (C=O) groups excluding carboxylic acids is 1. The lowest BCUT2D eigenvalue weighted by molar-refractivity contribution is 0.0935. The van der Waals surface area contributed by atoms with Crippen molar-refractivity contribution in [2.24, 2.45) is 5.92 Å². The molecule has 0 amide bonds. The largest absolute Gasteiger partial charge is 0.294 e. The minimum absolute atomic E-state index is 0.0900. The number of ketones is 1. The van der Waals surface area contributed by atoms with E-state index in [9.17, 15) is 9.00 Å². The van der Waals surface area contributed by atoms with Gasteiger partial charge in [0.1, 0.15) is 0 Å². The Balaban J connectivity index is 2.21. The Morgan fingerprint density at radius 2 is 1.94 bits per heavy atom. The second kappa shape index (κ2) is 3.52. The molecule has 1 aliphatic heterocycles. The summed E-state index contributed by atoms with van der Waals surface area (Å²) in [5.41, 5.74) is 3.31. The molecule has 2 unspecified atom stereocenters. The lowest BCUT2D eigenvalue weighted by Gasteiger charge is -2.20. The molecule has 0 fully saturated rings. The van der Waals surface area contributed by atoms with Crippen molar-refractivity contribution in [3.63, 3.8) is 0 Å². The van der Waals surface area contributed by atoms with Crippen molar-refractivity contribution < 1.29 is 9.00 Å². The van der Waals surface area contributed by atoms with Gasteiger partial charge in [0.05, 0.1) is 10.8 Å². The van der Waals surface area contributed by atoms with E-state index in [1.54, 1.807) is 0 Å². The van der Waals surface area contributed by atoms with E-state index < -0.39 is 10.8 Å². The summed E-state index contributed by atoms with van der Waals surface area (Å²) in [7, 11) is -0.979. The molecule has 1 aromatic rings. The Kier molecular flexibility index (Phi) is 2.25. The van der Waals surface area contributed by atoms with Gasteiger partial charge in [-0.05, 0) is 42.5 Å². The van der Waals surface area contributed by atoms with Crippen LogP contribution >= 0.6 is 0 Å². The fraction of sp³-hybridized carbons (Fsp3) is 0.462. The first-order valence-corrected chi connectivity index (χ1v) is 7.07. The maximum absolute atomic E-state index is 12.0. The quantitative estimate of drug-likeness (QED) is 0.689. The molecular formula is C13H14O2S. The highest BCUT2D eigenvalue weighted by Crippen LogP contribution is 2.32. The van der Waals surface area contributed by atoms with Gasteiger partial charge in [-0.25, -0.2) is 0 Å². The summed E-state index contributed by atoms with van der Waals surface area (Å²) in [6.07, 6.45) is 3.30. The number of benzene rings is 1. The van der Waals surface area contributed by atoms with Gasteiger partial charge in [-0.2, -0.15) is 0 Å². The Morgan fingerprint density at radius 1 is 1.25 bits per heavy atom. The number of hydrogen-bond donors (Lipinski definition) is 0.